The molecule has 1 aliphatic heterocycles. The van der Waals surface area contributed by atoms with E-state index < -0.39 is 0 Å². The van der Waals surface area contributed by atoms with Crippen LogP contribution in [-0.2, 0) is 17.9 Å². The van der Waals surface area contributed by atoms with E-state index >= 15 is 0 Å². The van der Waals surface area contributed by atoms with Crippen LogP contribution >= 0.6 is 11.6 Å². The Morgan fingerprint density at radius 1 is 1.15 bits per heavy atom. The third-order valence-corrected chi connectivity index (χ3v) is 5.26. The minimum absolute atomic E-state index is 0.0886. The van der Waals surface area contributed by atoms with E-state index in [1.165, 1.54) is 5.56 Å². The number of piperidine rings is 1. The maximum atomic E-state index is 12.6. The lowest BCUT2D eigenvalue weighted by atomic mass is 9.95. The van der Waals surface area contributed by atoms with E-state index in [2.05, 4.69) is 22.3 Å². The van der Waals surface area contributed by atoms with Crippen molar-refractivity contribution in [2.24, 2.45) is 5.92 Å². The summed E-state index contributed by atoms with van der Waals surface area (Å²) in [6.07, 6.45) is 1.79. The van der Waals surface area contributed by atoms with Crippen molar-refractivity contribution in [1.29, 1.82) is 0 Å². The molecule has 1 saturated heterocycles. The number of para-hydroxylation sites is 1. The lowest BCUT2D eigenvalue weighted by molar-refractivity contribution is -0.126. The molecule has 0 bridgehead atoms. The average Bonchev–Trinajstić information content (AvgIpc) is 2.70. The fourth-order valence-electron chi connectivity index (χ4n) is 3.47. The molecule has 2 aromatic rings. The maximum Gasteiger partial charge on any atom is 0.223 e. The molecular formula is C22H27ClN2O2. The largest absolute Gasteiger partial charge is 0.494 e. The quantitative estimate of drug-likeness (QED) is 0.772. The van der Waals surface area contributed by atoms with Gasteiger partial charge in [-0.3, -0.25) is 9.69 Å². The summed E-state index contributed by atoms with van der Waals surface area (Å²) >= 11 is 5.94. The number of ether oxygens (including phenoxy) is 1. The molecule has 5 heteroatoms. The number of hydrogen-bond donors (Lipinski definition) is 1. The molecule has 27 heavy (non-hydrogen) atoms. The highest BCUT2D eigenvalue weighted by Gasteiger charge is 2.24. The summed E-state index contributed by atoms with van der Waals surface area (Å²) in [5.41, 5.74) is 2.28. The third-order valence-electron chi connectivity index (χ3n) is 5.00. The molecule has 1 amide bonds. The Morgan fingerprint density at radius 3 is 2.56 bits per heavy atom. The lowest BCUT2D eigenvalue weighted by Crippen LogP contribution is -2.40. The normalized spacial score (nSPS) is 15.5. The van der Waals surface area contributed by atoms with E-state index in [1.54, 1.807) is 0 Å². The van der Waals surface area contributed by atoms with Crippen LogP contribution in [0.1, 0.15) is 30.9 Å². The van der Waals surface area contributed by atoms with Crippen LogP contribution < -0.4 is 10.1 Å². The highest BCUT2D eigenvalue weighted by molar-refractivity contribution is 6.30. The van der Waals surface area contributed by atoms with E-state index in [9.17, 15) is 4.79 Å². The number of halogens is 1. The Labute approximate surface area is 166 Å². The molecule has 1 aliphatic rings. The van der Waals surface area contributed by atoms with Crippen LogP contribution in [0.4, 0.5) is 0 Å². The van der Waals surface area contributed by atoms with E-state index in [0.29, 0.717) is 13.2 Å². The van der Waals surface area contributed by atoms with Gasteiger partial charge in [0.05, 0.1) is 6.61 Å². The Bertz CT molecular complexity index is 740. The van der Waals surface area contributed by atoms with Gasteiger partial charge in [-0.15, -0.1) is 0 Å². The molecule has 1 heterocycles. The summed E-state index contributed by atoms with van der Waals surface area (Å²) < 4.78 is 5.63. The van der Waals surface area contributed by atoms with Crippen LogP contribution in [0.3, 0.4) is 0 Å². The van der Waals surface area contributed by atoms with Gasteiger partial charge >= 0.3 is 0 Å². The standard InChI is InChI=1S/C22H27ClN2O2/c1-2-27-21-6-4-3-5-19(21)15-24-22(26)18-11-13-25(14-12-18)16-17-7-9-20(23)10-8-17/h3-10,18H,2,11-16H2,1H3,(H,24,26). The van der Waals surface area contributed by atoms with E-state index in [4.69, 9.17) is 16.3 Å². The molecule has 144 valence electrons. The van der Waals surface area contributed by atoms with Crippen LogP contribution in [0.5, 0.6) is 5.75 Å². The minimum atomic E-state index is 0.0886. The lowest BCUT2D eigenvalue weighted by Gasteiger charge is -2.31. The van der Waals surface area contributed by atoms with Gasteiger partial charge in [-0.2, -0.15) is 0 Å². The van der Waals surface area contributed by atoms with Crippen molar-refractivity contribution in [3.63, 3.8) is 0 Å². The van der Waals surface area contributed by atoms with E-state index in [1.807, 2.05) is 43.3 Å². The smallest absolute Gasteiger partial charge is 0.223 e. The highest BCUT2D eigenvalue weighted by Crippen LogP contribution is 2.21. The van der Waals surface area contributed by atoms with Gasteiger partial charge in [0, 0.05) is 29.6 Å². The zero-order valence-electron chi connectivity index (χ0n) is 15.8. The Kier molecular flexibility index (Phi) is 7.13. The number of nitrogens with zero attached hydrogens (tertiary/aromatic N) is 1. The summed E-state index contributed by atoms with van der Waals surface area (Å²) in [4.78, 5) is 15.0. The van der Waals surface area contributed by atoms with Crippen LogP contribution in [0.2, 0.25) is 5.02 Å². The van der Waals surface area contributed by atoms with Crippen LogP contribution in [0, 0.1) is 5.92 Å². The number of rotatable bonds is 7. The fourth-order valence-corrected chi connectivity index (χ4v) is 3.60. The number of nitrogens with one attached hydrogen (secondary N) is 1. The predicted octanol–water partition coefficient (Wildman–Crippen LogP) is 4.27. The first kappa shape index (κ1) is 19.7. The summed E-state index contributed by atoms with van der Waals surface area (Å²) in [5.74, 6) is 1.08. The predicted molar refractivity (Wildman–Crippen MR) is 109 cm³/mol. The van der Waals surface area contributed by atoms with Crippen molar-refractivity contribution >= 4 is 17.5 Å². The first-order valence-corrected chi connectivity index (χ1v) is 9.98. The van der Waals surface area contributed by atoms with Gasteiger partial charge in [-0.25, -0.2) is 0 Å². The topological polar surface area (TPSA) is 41.6 Å². The van der Waals surface area contributed by atoms with Crippen LogP contribution in [0.25, 0.3) is 0 Å². The summed E-state index contributed by atoms with van der Waals surface area (Å²) in [6.45, 7) is 5.89. The van der Waals surface area contributed by atoms with Gasteiger partial charge < -0.3 is 10.1 Å². The molecule has 0 unspecified atom stereocenters. The van der Waals surface area contributed by atoms with Crippen molar-refractivity contribution in [3.05, 3.63) is 64.7 Å². The molecular weight excluding hydrogens is 360 g/mol. The highest BCUT2D eigenvalue weighted by atomic mass is 35.5. The summed E-state index contributed by atoms with van der Waals surface area (Å²) in [7, 11) is 0. The van der Waals surface area contributed by atoms with Crippen molar-refractivity contribution in [3.8, 4) is 5.75 Å². The second-order valence-electron chi connectivity index (χ2n) is 6.94. The zero-order valence-corrected chi connectivity index (χ0v) is 16.5. The number of hydrogen-bond acceptors (Lipinski definition) is 3. The van der Waals surface area contributed by atoms with E-state index in [0.717, 1.165) is 48.8 Å². The molecule has 2 aromatic carbocycles. The fraction of sp³-hybridized carbons (Fsp3) is 0.409. The van der Waals surface area contributed by atoms with Crippen molar-refractivity contribution in [2.75, 3.05) is 19.7 Å². The third kappa shape index (κ3) is 5.72. The van der Waals surface area contributed by atoms with Crippen molar-refractivity contribution < 1.29 is 9.53 Å². The molecule has 3 rings (SSSR count). The number of amides is 1. The molecule has 1 fully saturated rings. The SMILES string of the molecule is CCOc1ccccc1CNC(=O)C1CCN(Cc2ccc(Cl)cc2)CC1. The summed E-state index contributed by atoms with van der Waals surface area (Å²) in [6, 6.07) is 15.9. The Hall–Kier alpha value is -2.04. The zero-order chi connectivity index (χ0) is 19.1. The first-order chi connectivity index (χ1) is 13.2. The molecule has 4 nitrogen and oxygen atoms in total. The molecule has 0 aromatic heterocycles. The first-order valence-electron chi connectivity index (χ1n) is 9.61. The second-order valence-corrected chi connectivity index (χ2v) is 7.37. The maximum absolute atomic E-state index is 12.6. The molecule has 0 atom stereocenters. The van der Waals surface area contributed by atoms with Gasteiger partial charge in [0.1, 0.15) is 5.75 Å². The van der Waals surface area contributed by atoms with Crippen LogP contribution in [0.15, 0.2) is 48.5 Å². The molecule has 0 spiro atoms. The molecule has 1 N–H and O–H groups in total. The number of likely N-dealkylation sites (tertiary alicyclic amines) is 1. The minimum Gasteiger partial charge on any atom is -0.494 e. The monoisotopic (exact) mass is 386 g/mol. The van der Waals surface area contributed by atoms with Gasteiger partial charge in [0.2, 0.25) is 5.91 Å². The number of carbonyl (C=O) groups excluding carboxylic acids is 1. The van der Waals surface area contributed by atoms with Gasteiger partial charge in [0.15, 0.2) is 0 Å². The van der Waals surface area contributed by atoms with Crippen molar-refractivity contribution in [2.45, 2.75) is 32.9 Å². The molecule has 0 saturated carbocycles. The van der Waals surface area contributed by atoms with Gasteiger partial charge in [-0.1, -0.05) is 41.9 Å². The second kappa shape index (κ2) is 9.77. The van der Waals surface area contributed by atoms with E-state index in [-0.39, 0.29) is 11.8 Å². The summed E-state index contributed by atoms with van der Waals surface area (Å²) in [5, 5.41) is 3.85. The van der Waals surface area contributed by atoms with Crippen molar-refractivity contribution in [1.82, 2.24) is 10.2 Å². The van der Waals surface area contributed by atoms with Gasteiger partial charge in [-0.05, 0) is 56.6 Å². The number of carbonyl (C=O) groups is 1. The van der Waals surface area contributed by atoms with Gasteiger partial charge in [0.25, 0.3) is 0 Å². The van der Waals surface area contributed by atoms with Crippen LogP contribution in [-0.4, -0.2) is 30.5 Å². The molecule has 0 radical (unpaired) electrons. The Morgan fingerprint density at radius 2 is 1.85 bits per heavy atom. The Balaban J connectivity index is 1.45. The molecule has 0 aliphatic carbocycles. The average molecular weight is 387 g/mol. The number of benzene rings is 2.